The fourth-order valence-corrected chi connectivity index (χ4v) is 3.36. The van der Waals surface area contributed by atoms with E-state index >= 15 is 0 Å². The number of hydrogen-bond donors (Lipinski definition) is 2. The number of carbonyl (C=O) groups excluding carboxylic acids is 2. The SMILES string of the molecule is CC(=O)N[C@H](CC1CCC1)C(=O)N[C@@H]1C[C@H]1c1c(F)cccc1F. The number of nitrogens with one attached hydrogen (secondary N) is 2. The summed E-state index contributed by atoms with van der Waals surface area (Å²) in [5.41, 5.74) is 0.0397. The van der Waals surface area contributed by atoms with E-state index in [-0.39, 0.29) is 29.3 Å². The van der Waals surface area contributed by atoms with Gasteiger partial charge in [-0.2, -0.15) is 0 Å². The van der Waals surface area contributed by atoms with E-state index in [1.54, 1.807) is 0 Å². The van der Waals surface area contributed by atoms with Crippen molar-refractivity contribution in [2.45, 2.75) is 57.0 Å². The molecule has 4 nitrogen and oxygen atoms in total. The van der Waals surface area contributed by atoms with Gasteiger partial charge in [-0.25, -0.2) is 8.78 Å². The Morgan fingerprint density at radius 2 is 1.92 bits per heavy atom. The summed E-state index contributed by atoms with van der Waals surface area (Å²) < 4.78 is 27.6. The van der Waals surface area contributed by atoms with Gasteiger partial charge in [0, 0.05) is 24.4 Å². The van der Waals surface area contributed by atoms with Gasteiger partial charge in [-0.3, -0.25) is 9.59 Å². The van der Waals surface area contributed by atoms with Gasteiger partial charge in [0.1, 0.15) is 17.7 Å². The summed E-state index contributed by atoms with van der Waals surface area (Å²) >= 11 is 0. The molecule has 24 heavy (non-hydrogen) atoms. The van der Waals surface area contributed by atoms with Crippen LogP contribution in [0.3, 0.4) is 0 Å². The third-order valence-corrected chi connectivity index (χ3v) is 4.98. The number of halogens is 2. The molecule has 0 heterocycles. The van der Waals surface area contributed by atoms with E-state index in [0.717, 1.165) is 19.3 Å². The van der Waals surface area contributed by atoms with Crippen molar-refractivity contribution < 1.29 is 18.4 Å². The van der Waals surface area contributed by atoms with Crippen LogP contribution >= 0.6 is 0 Å². The zero-order valence-corrected chi connectivity index (χ0v) is 13.6. The summed E-state index contributed by atoms with van der Waals surface area (Å²) in [5.74, 6) is -1.54. The van der Waals surface area contributed by atoms with Crippen LogP contribution in [0.4, 0.5) is 8.78 Å². The maximum absolute atomic E-state index is 13.8. The molecule has 0 unspecified atom stereocenters. The van der Waals surface area contributed by atoms with Gasteiger partial charge in [0.15, 0.2) is 0 Å². The Balaban J connectivity index is 1.60. The molecular formula is C18H22F2N2O2. The van der Waals surface area contributed by atoms with Crippen molar-refractivity contribution >= 4 is 11.8 Å². The van der Waals surface area contributed by atoms with Gasteiger partial charge in [-0.1, -0.05) is 25.3 Å². The van der Waals surface area contributed by atoms with Crippen LogP contribution in [0.1, 0.15) is 50.5 Å². The molecule has 2 N–H and O–H groups in total. The highest BCUT2D eigenvalue weighted by Gasteiger charge is 2.43. The largest absolute Gasteiger partial charge is 0.351 e. The number of hydrogen-bond acceptors (Lipinski definition) is 2. The van der Waals surface area contributed by atoms with Crippen LogP contribution in [0.15, 0.2) is 18.2 Å². The zero-order chi connectivity index (χ0) is 17.3. The molecule has 1 aromatic rings. The first-order valence-corrected chi connectivity index (χ1v) is 8.47. The first-order chi connectivity index (χ1) is 11.5. The van der Waals surface area contributed by atoms with Crippen molar-refractivity contribution in [2.75, 3.05) is 0 Å². The summed E-state index contributed by atoms with van der Waals surface area (Å²) in [6.45, 7) is 1.38. The molecule has 0 radical (unpaired) electrons. The molecule has 0 spiro atoms. The van der Waals surface area contributed by atoms with Crippen molar-refractivity contribution in [3.63, 3.8) is 0 Å². The normalized spacial score (nSPS) is 24.0. The van der Waals surface area contributed by atoms with Crippen molar-refractivity contribution in [1.82, 2.24) is 10.6 Å². The second-order valence-corrected chi connectivity index (χ2v) is 6.88. The van der Waals surface area contributed by atoms with E-state index in [2.05, 4.69) is 10.6 Å². The van der Waals surface area contributed by atoms with Crippen molar-refractivity contribution in [2.24, 2.45) is 5.92 Å². The van der Waals surface area contributed by atoms with Crippen LogP contribution in [-0.4, -0.2) is 23.9 Å². The number of amides is 2. The van der Waals surface area contributed by atoms with E-state index in [0.29, 0.717) is 18.8 Å². The molecule has 2 aliphatic carbocycles. The Labute approximate surface area is 140 Å². The van der Waals surface area contributed by atoms with Crippen LogP contribution in [0.2, 0.25) is 0 Å². The second kappa shape index (κ2) is 6.87. The van der Waals surface area contributed by atoms with E-state index in [4.69, 9.17) is 0 Å². The van der Waals surface area contributed by atoms with Gasteiger partial charge in [0.2, 0.25) is 11.8 Å². The minimum Gasteiger partial charge on any atom is -0.351 e. The predicted molar refractivity (Wildman–Crippen MR) is 85.2 cm³/mol. The lowest BCUT2D eigenvalue weighted by Crippen LogP contribution is -2.48. The highest BCUT2D eigenvalue weighted by atomic mass is 19.1. The molecule has 0 aliphatic heterocycles. The molecule has 3 rings (SSSR count). The van der Waals surface area contributed by atoms with Crippen LogP contribution < -0.4 is 10.6 Å². The monoisotopic (exact) mass is 336 g/mol. The third-order valence-electron chi connectivity index (χ3n) is 4.98. The molecule has 0 aromatic heterocycles. The van der Waals surface area contributed by atoms with E-state index in [1.807, 2.05) is 0 Å². The van der Waals surface area contributed by atoms with E-state index in [1.165, 1.54) is 25.1 Å². The van der Waals surface area contributed by atoms with E-state index < -0.39 is 17.7 Å². The average molecular weight is 336 g/mol. The minimum atomic E-state index is -0.579. The number of rotatable bonds is 6. The number of carbonyl (C=O) groups is 2. The zero-order valence-electron chi connectivity index (χ0n) is 13.6. The van der Waals surface area contributed by atoms with Crippen LogP contribution in [0, 0.1) is 17.6 Å². The van der Waals surface area contributed by atoms with Gasteiger partial charge in [-0.15, -0.1) is 0 Å². The fraction of sp³-hybridized carbons (Fsp3) is 0.556. The van der Waals surface area contributed by atoms with Crippen LogP contribution in [0.25, 0.3) is 0 Å². The van der Waals surface area contributed by atoms with Gasteiger partial charge in [-0.05, 0) is 30.9 Å². The maximum atomic E-state index is 13.8. The molecule has 3 atom stereocenters. The topological polar surface area (TPSA) is 58.2 Å². The fourth-order valence-electron chi connectivity index (χ4n) is 3.36. The molecule has 6 heteroatoms. The highest BCUT2D eigenvalue weighted by Crippen LogP contribution is 2.43. The summed E-state index contributed by atoms with van der Waals surface area (Å²) in [4.78, 5) is 23.8. The van der Waals surface area contributed by atoms with Gasteiger partial charge < -0.3 is 10.6 Å². The summed E-state index contributed by atoms with van der Waals surface area (Å²) in [7, 11) is 0. The average Bonchev–Trinajstić information content (AvgIpc) is 3.19. The quantitative estimate of drug-likeness (QED) is 0.839. The molecule has 130 valence electrons. The van der Waals surface area contributed by atoms with Crippen LogP contribution in [-0.2, 0) is 9.59 Å². The predicted octanol–water partition coefficient (Wildman–Crippen LogP) is 2.63. The van der Waals surface area contributed by atoms with E-state index in [9.17, 15) is 18.4 Å². The van der Waals surface area contributed by atoms with Crippen molar-refractivity contribution in [3.05, 3.63) is 35.4 Å². The lowest BCUT2D eigenvalue weighted by molar-refractivity contribution is -0.128. The number of benzene rings is 1. The second-order valence-electron chi connectivity index (χ2n) is 6.88. The Hall–Kier alpha value is -1.98. The Morgan fingerprint density at radius 1 is 1.25 bits per heavy atom. The molecular weight excluding hydrogens is 314 g/mol. The minimum absolute atomic E-state index is 0.0397. The molecule has 0 saturated heterocycles. The van der Waals surface area contributed by atoms with Gasteiger partial charge in [0.05, 0.1) is 0 Å². The first-order valence-electron chi connectivity index (χ1n) is 8.47. The Kier molecular flexibility index (Phi) is 4.83. The smallest absolute Gasteiger partial charge is 0.242 e. The highest BCUT2D eigenvalue weighted by molar-refractivity contribution is 5.87. The molecule has 2 fully saturated rings. The third kappa shape index (κ3) is 3.74. The lowest BCUT2D eigenvalue weighted by atomic mass is 9.80. The summed E-state index contributed by atoms with van der Waals surface area (Å²) in [6.07, 6.45) is 4.46. The molecule has 2 saturated carbocycles. The van der Waals surface area contributed by atoms with Crippen molar-refractivity contribution in [1.29, 1.82) is 0 Å². The molecule has 1 aromatic carbocycles. The standard InChI is InChI=1S/C18H22F2N2O2/c1-10(23)21-16(8-11-4-2-5-11)18(24)22-15-9-12(15)17-13(19)6-3-7-14(17)20/h3,6-7,11-12,15-16H,2,4-5,8-9H2,1H3,(H,21,23)(H,22,24)/t12-,15-,16-/m1/s1. The molecule has 2 aliphatic rings. The van der Waals surface area contributed by atoms with Crippen LogP contribution in [0.5, 0.6) is 0 Å². The Bertz CT molecular complexity index is 626. The Morgan fingerprint density at radius 3 is 2.46 bits per heavy atom. The van der Waals surface area contributed by atoms with Gasteiger partial charge >= 0.3 is 0 Å². The van der Waals surface area contributed by atoms with Gasteiger partial charge in [0.25, 0.3) is 0 Å². The van der Waals surface area contributed by atoms with Crippen molar-refractivity contribution in [3.8, 4) is 0 Å². The molecule has 0 bridgehead atoms. The summed E-state index contributed by atoms with van der Waals surface area (Å²) in [5, 5.41) is 5.52. The maximum Gasteiger partial charge on any atom is 0.242 e. The summed E-state index contributed by atoms with van der Waals surface area (Å²) in [6, 6.07) is 2.94. The lowest BCUT2D eigenvalue weighted by Gasteiger charge is -2.29. The first kappa shape index (κ1) is 16.9. The molecule has 2 amide bonds.